The van der Waals surface area contributed by atoms with Crippen LogP contribution in [0.5, 0.6) is 0 Å². The van der Waals surface area contributed by atoms with E-state index in [1.54, 1.807) is 18.7 Å². The van der Waals surface area contributed by atoms with Crippen LogP contribution in [0, 0.1) is 31.1 Å². The fraction of sp³-hybridized carbons (Fsp3) is 0.522. The van der Waals surface area contributed by atoms with Crippen molar-refractivity contribution in [1.82, 2.24) is 4.90 Å². The van der Waals surface area contributed by atoms with Gasteiger partial charge in [-0.25, -0.2) is 0 Å². The van der Waals surface area contributed by atoms with E-state index in [-0.39, 0.29) is 22.9 Å². The molecule has 1 saturated carbocycles. The zero-order valence-electron chi connectivity index (χ0n) is 16.6. The van der Waals surface area contributed by atoms with E-state index in [9.17, 15) is 14.4 Å². The smallest absolute Gasteiger partial charge is 0.219 e. The van der Waals surface area contributed by atoms with Gasteiger partial charge in [-0.05, 0) is 62.4 Å². The molecule has 4 nitrogen and oxygen atoms in total. The summed E-state index contributed by atoms with van der Waals surface area (Å²) < 4.78 is 0. The van der Waals surface area contributed by atoms with Gasteiger partial charge in [0.15, 0.2) is 0 Å². The van der Waals surface area contributed by atoms with Crippen molar-refractivity contribution in [3.63, 3.8) is 0 Å². The van der Waals surface area contributed by atoms with Gasteiger partial charge in [-0.2, -0.15) is 0 Å². The topological polar surface area (TPSA) is 54.5 Å². The number of hydrogen-bond acceptors (Lipinski definition) is 3. The summed E-state index contributed by atoms with van der Waals surface area (Å²) >= 11 is 0. The van der Waals surface area contributed by atoms with Crippen LogP contribution in [-0.4, -0.2) is 35.5 Å². The first-order chi connectivity index (χ1) is 12.8. The molecule has 0 atom stereocenters. The number of ketones is 2. The number of aryl methyl sites for hydroxylation is 2. The third-order valence-corrected chi connectivity index (χ3v) is 6.00. The molecule has 0 bridgehead atoms. The zero-order chi connectivity index (χ0) is 19.8. The summed E-state index contributed by atoms with van der Waals surface area (Å²) in [6.07, 6.45) is 2.45. The van der Waals surface area contributed by atoms with Crippen LogP contribution in [-0.2, 0) is 14.4 Å². The van der Waals surface area contributed by atoms with Crippen molar-refractivity contribution < 1.29 is 14.4 Å². The number of amides is 1. The lowest BCUT2D eigenvalue weighted by Gasteiger charge is -2.45. The SMILES string of the molecule is CC#Cc1cc(C)c(C2C(=O)CC3(CCCN(C(C)=O)C3)CC2=O)c(C)c1. The highest BCUT2D eigenvalue weighted by atomic mass is 16.2. The van der Waals surface area contributed by atoms with Gasteiger partial charge in [0.05, 0.1) is 0 Å². The second kappa shape index (κ2) is 7.31. The van der Waals surface area contributed by atoms with Crippen molar-refractivity contribution in [2.75, 3.05) is 13.1 Å². The molecule has 1 aliphatic carbocycles. The molecule has 1 saturated heterocycles. The Hall–Kier alpha value is -2.41. The summed E-state index contributed by atoms with van der Waals surface area (Å²) in [5, 5.41) is 0. The number of Topliss-reactive ketones (excluding diaryl/α,β-unsaturated/α-hetero) is 2. The molecule has 1 spiro atoms. The highest BCUT2D eigenvalue weighted by molar-refractivity contribution is 6.10. The highest BCUT2D eigenvalue weighted by Crippen LogP contribution is 2.45. The average Bonchev–Trinajstić information content (AvgIpc) is 2.57. The number of likely N-dealkylation sites (tertiary alicyclic amines) is 1. The minimum absolute atomic E-state index is 0.00261. The molecular weight excluding hydrogens is 338 g/mol. The lowest BCUT2D eigenvalue weighted by Crippen LogP contribution is -2.50. The largest absolute Gasteiger partial charge is 0.342 e. The Balaban J connectivity index is 1.91. The number of carbonyl (C=O) groups excluding carboxylic acids is 3. The molecule has 0 unspecified atom stereocenters. The van der Waals surface area contributed by atoms with Gasteiger partial charge < -0.3 is 4.90 Å². The van der Waals surface area contributed by atoms with Gasteiger partial charge in [-0.1, -0.05) is 5.92 Å². The van der Waals surface area contributed by atoms with Crippen LogP contribution in [0.25, 0.3) is 0 Å². The first-order valence-corrected chi connectivity index (χ1v) is 9.61. The van der Waals surface area contributed by atoms with Crippen molar-refractivity contribution >= 4 is 17.5 Å². The number of nitrogens with zero attached hydrogens (tertiary/aromatic N) is 1. The number of carbonyl (C=O) groups is 3. The van der Waals surface area contributed by atoms with Gasteiger partial charge in [0.1, 0.15) is 17.5 Å². The highest BCUT2D eigenvalue weighted by Gasteiger charge is 2.48. The van der Waals surface area contributed by atoms with Crippen LogP contribution in [0.4, 0.5) is 0 Å². The maximum atomic E-state index is 13.1. The normalized spacial score (nSPS) is 25.3. The molecule has 0 radical (unpaired) electrons. The molecule has 1 amide bonds. The predicted molar refractivity (Wildman–Crippen MR) is 104 cm³/mol. The van der Waals surface area contributed by atoms with Crippen LogP contribution in [0.1, 0.15) is 67.7 Å². The molecule has 4 heteroatoms. The Morgan fingerprint density at radius 2 is 1.74 bits per heavy atom. The number of rotatable bonds is 1. The zero-order valence-corrected chi connectivity index (χ0v) is 16.6. The Labute approximate surface area is 161 Å². The number of benzene rings is 1. The van der Waals surface area contributed by atoms with Crippen molar-refractivity contribution in [1.29, 1.82) is 0 Å². The maximum absolute atomic E-state index is 13.1. The molecular formula is C23H27NO3. The Morgan fingerprint density at radius 3 is 2.26 bits per heavy atom. The van der Waals surface area contributed by atoms with Gasteiger partial charge in [-0.15, -0.1) is 5.92 Å². The first-order valence-electron chi connectivity index (χ1n) is 9.61. The van der Waals surface area contributed by atoms with Gasteiger partial charge in [0, 0.05) is 43.8 Å². The van der Waals surface area contributed by atoms with Crippen molar-refractivity contribution in [2.24, 2.45) is 5.41 Å². The third-order valence-electron chi connectivity index (χ3n) is 6.00. The molecule has 2 aliphatic rings. The van der Waals surface area contributed by atoms with Crippen molar-refractivity contribution in [3.8, 4) is 11.8 Å². The van der Waals surface area contributed by atoms with E-state index < -0.39 is 5.92 Å². The van der Waals surface area contributed by atoms with E-state index in [1.807, 2.05) is 26.0 Å². The van der Waals surface area contributed by atoms with Gasteiger partial charge in [-0.3, -0.25) is 14.4 Å². The van der Waals surface area contributed by atoms with Crippen LogP contribution >= 0.6 is 0 Å². The third kappa shape index (κ3) is 3.69. The minimum Gasteiger partial charge on any atom is -0.342 e. The number of piperidine rings is 1. The van der Waals surface area contributed by atoms with E-state index in [4.69, 9.17) is 0 Å². The van der Waals surface area contributed by atoms with Crippen LogP contribution < -0.4 is 0 Å². The van der Waals surface area contributed by atoms with Crippen molar-refractivity contribution in [3.05, 3.63) is 34.4 Å². The fourth-order valence-corrected chi connectivity index (χ4v) is 4.92. The first kappa shape index (κ1) is 19.4. The standard InChI is InChI=1S/C23H27NO3/c1-5-7-18-10-15(2)21(16(3)11-18)22-19(26)12-23(13-20(22)27)8-6-9-24(14-23)17(4)25/h10-11,22H,6,8-9,12-14H2,1-4H3. The molecule has 2 fully saturated rings. The van der Waals surface area contributed by atoms with E-state index in [2.05, 4.69) is 11.8 Å². The van der Waals surface area contributed by atoms with E-state index >= 15 is 0 Å². The molecule has 3 rings (SSSR count). The summed E-state index contributed by atoms with van der Waals surface area (Å²) in [5.41, 5.74) is 3.28. The molecule has 142 valence electrons. The Kier molecular flexibility index (Phi) is 5.24. The second-order valence-electron chi connectivity index (χ2n) is 8.16. The molecule has 1 heterocycles. The van der Waals surface area contributed by atoms with Crippen LogP contribution in [0.3, 0.4) is 0 Å². The van der Waals surface area contributed by atoms with Gasteiger partial charge in [0.25, 0.3) is 0 Å². The lowest BCUT2D eigenvalue weighted by atomic mass is 9.63. The van der Waals surface area contributed by atoms with Crippen molar-refractivity contribution in [2.45, 2.75) is 59.3 Å². The number of hydrogen-bond donors (Lipinski definition) is 0. The molecule has 1 aromatic rings. The Morgan fingerprint density at radius 1 is 1.15 bits per heavy atom. The molecule has 1 aliphatic heterocycles. The van der Waals surface area contributed by atoms with E-state index in [0.29, 0.717) is 19.4 Å². The lowest BCUT2D eigenvalue weighted by molar-refractivity contribution is -0.143. The van der Waals surface area contributed by atoms with Gasteiger partial charge >= 0.3 is 0 Å². The predicted octanol–water partition coefficient (Wildman–Crippen LogP) is 3.32. The summed E-state index contributed by atoms with van der Waals surface area (Å²) in [5.74, 6) is 5.28. The van der Waals surface area contributed by atoms with Crippen LogP contribution in [0.2, 0.25) is 0 Å². The summed E-state index contributed by atoms with van der Waals surface area (Å²) in [7, 11) is 0. The maximum Gasteiger partial charge on any atom is 0.219 e. The monoisotopic (exact) mass is 365 g/mol. The molecule has 27 heavy (non-hydrogen) atoms. The molecule has 0 N–H and O–H groups in total. The summed E-state index contributed by atoms with van der Waals surface area (Å²) in [6.45, 7) is 8.50. The van der Waals surface area contributed by atoms with E-state index in [0.717, 1.165) is 41.6 Å². The molecule has 0 aromatic heterocycles. The minimum atomic E-state index is -0.674. The summed E-state index contributed by atoms with van der Waals surface area (Å²) in [6, 6.07) is 3.92. The second-order valence-corrected chi connectivity index (χ2v) is 8.16. The van der Waals surface area contributed by atoms with Gasteiger partial charge in [0.2, 0.25) is 5.91 Å². The fourth-order valence-electron chi connectivity index (χ4n) is 4.92. The summed E-state index contributed by atoms with van der Waals surface area (Å²) in [4.78, 5) is 39.8. The quantitative estimate of drug-likeness (QED) is 0.567. The van der Waals surface area contributed by atoms with Crippen LogP contribution in [0.15, 0.2) is 12.1 Å². The average molecular weight is 365 g/mol. The Bertz CT molecular complexity index is 830. The molecule has 1 aromatic carbocycles. The van der Waals surface area contributed by atoms with E-state index in [1.165, 1.54) is 0 Å².